The molecule has 19 heavy (non-hydrogen) atoms. The quantitative estimate of drug-likeness (QED) is 0.389. The number of benzene rings is 1. The van der Waals surface area contributed by atoms with Gasteiger partial charge in [0.25, 0.3) is 5.82 Å². The van der Waals surface area contributed by atoms with E-state index in [0.717, 1.165) is 5.56 Å². The number of aromatic nitrogens is 2. The number of hydrogen-bond acceptors (Lipinski definition) is 5. The Morgan fingerprint density at radius 2 is 2.05 bits per heavy atom. The number of aryl methyl sites for hydroxylation is 1. The van der Waals surface area contributed by atoms with Crippen LogP contribution in [0.2, 0.25) is 0 Å². The molecule has 1 heterocycles. The van der Waals surface area contributed by atoms with Crippen LogP contribution in [0.15, 0.2) is 36.4 Å². The summed E-state index contributed by atoms with van der Waals surface area (Å²) < 4.78 is 0. The summed E-state index contributed by atoms with van der Waals surface area (Å²) in [5.74, 6) is -0.0329. The van der Waals surface area contributed by atoms with Crippen LogP contribution in [0, 0.1) is 22.2 Å². The molecule has 2 rings (SSSR count). The minimum Gasteiger partial charge on any atom is -0.594 e. The number of nitro groups is 1. The molecule has 0 spiro atoms. The zero-order valence-corrected chi connectivity index (χ0v) is 10.2. The molecule has 0 aliphatic heterocycles. The molecule has 7 heteroatoms. The van der Waals surface area contributed by atoms with Crippen molar-refractivity contribution in [1.29, 1.82) is 0 Å². The van der Waals surface area contributed by atoms with Crippen LogP contribution in [0.1, 0.15) is 11.3 Å². The predicted octanol–water partition coefficient (Wildman–Crippen LogP) is 1.54. The van der Waals surface area contributed by atoms with Gasteiger partial charge in [0, 0.05) is 18.6 Å². The summed E-state index contributed by atoms with van der Waals surface area (Å²) in [6.45, 7) is 1.83. The maximum Gasteiger partial charge on any atom is 0.324 e. The van der Waals surface area contributed by atoms with Crippen molar-refractivity contribution in [3.63, 3.8) is 0 Å². The Bertz CT molecular complexity index is 601. The number of hydrogen-bond donors (Lipinski definition) is 1. The van der Waals surface area contributed by atoms with Crippen molar-refractivity contribution in [3.05, 3.63) is 63.0 Å². The number of nitrogens with one attached hydrogen (secondary N) is 1. The van der Waals surface area contributed by atoms with Gasteiger partial charge in [0.1, 0.15) is 0 Å². The lowest BCUT2D eigenvalue weighted by molar-refractivity contribution is -0.674. The van der Waals surface area contributed by atoms with Crippen LogP contribution < -0.4 is 10.2 Å². The van der Waals surface area contributed by atoms with Gasteiger partial charge < -0.3 is 10.5 Å². The Hall–Kier alpha value is -2.70. The fraction of sp³-hybridized carbons (Fsp3) is 0.167. The van der Waals surface area contributed by atoms with Gasteiger partial charge in [0.05, 0.1) is 11.0 Å². The van der Waals surface area contributed by atoms with Gasteiger partial charge in [-0.05, 0) is 5.56 Å². The lowest BCUT2D eigenvalue weighted by Gasteiger charge is -2.06. The fourth-order valence-corrected chi connectivity index (χ4v) is 1.59. The van der Waals surface area contributed by atoms with Gasteiger partial charge in [-0.2, -0.15) is 0 Å². The maximum atomic E-state index is 11.4. The molecule has 2 aromatic rings. The molecule has 0 fully saturated rings. The average molecular weight is 260 g/mol. The normalized spacial score (nSPS) is 10.2. The molecule has 7 nitrogen and oxygen atoms in total. The fourth-order valence-electron chi connectivity index (χ4n) is 1.59. The van der Waals surface area contributed by atoms with Crippen molar-refractivity contribution < 1.29 is 9.77 Å². The van der Waals surface area contributed by atoms with E-state index in [4.69, 9.17) is 0 Å². The first-order valence-corrected chi connectivity index (χ1v) is 5.61. The first kappa shape index (κ1) is 12.7. The number of anilines is 1. The molecule has 0 radical (unpaired) electrons. The number of rotatable bonds is 4. The summed E-state index contributed by atoms with van der Waals surface area (Å²) in [5.41, 5.74) is 0.911. The zero-order chi connectivity index (χ0) is 13.8. The van der Waals surface area contributed by atoms with Crippen LogP contribution in [-0.4, -0.2) is 10.0 Å². The van der Waals surface area contributed by atoms with Gasteiger partial charge in [-0.1, -0.05) is 35.2 Å². The first-order chi connectivity index (χ1) is 9.08. The molecule has 0 aliphatic rings. The molecule has 0 amide bonds. The Kier molecular flexibility index (Phi) is 3.56. The summed E-state index contributed by atoms with van der Waals surface area (Å²) in [6, 6.07) is 10.6. The van der Waals surface area contributed by atoms with E-state index in [-0.39, 0.29) is 17.2 Å². The highest BCUT2D eigenvalue weighted by Gasteiger charge is 2.21. The Labute approximate surface area is 109 Å². The summed E-state index contributed by atoms with van der Waals surface area (Å²) in [4.78, 5) is 10.7. The molecule has 0 unspecified atom stereocenters. The summed E-state index contributed by atoms with van der Waals surface area (Å²) in [6.07, 6.45) is 0. The van der Waals surface area contributed by atoms with E-state index >= 15 is 0 Å². The zero-order valence-electron chi connectivity index (χ0n) is 10.2. The first-order valence-electron chi connectivity index (χ1n) is 5.61. The lowest BCUT2D eigenvalue weighted by Crippen LogP contribution is -2.35. The molecule has 1 N–H and O–H groups in total. The van der Waals surface area contributed by atoms with Crippen molar-refractivity contribution in [2.75, 3.05) is 5.32 Å². The Morgan fingerprint density at radius 1 is 1.37 bits per heavy atom. The van der Waals surface area contributed by atoms with Crippen LogP contribution in [0.4, 0.5) is 11.5 Å². The third kappa shape index (κ3) is 2.95. The van der Waals surface area contributed by atoms with Crippen LogP contribution in [0.5, 0.6) is 0 Å². The van der Waals surface area contributed by atoms with E-state index in [2.05, 4.69) is 10.4 Å². The van der Waals surface area contributed by atoms with Gasteiger partial charge in [-0.3, -0.25) is 10.1 Å². The van der Waals surface area contributed by atoms with Gasteiger partial charge in [-0.25, -0.2) is 0 Å². The molecule has 1 aromatic heterocycles. The third-order valence-electron chi connectivity index (χ3n) is 2.58. The Balaban J connectivity index is 2.24. The topological polar surface area (TPSA) is 95.0 Å². The second kappa shape index (κ2) is 5.30. The standard InChI is InChI=1S/C12H12N4O3/c1-9-7-11(16(18)19)12(14-15(9)17)13-8-10-5-3-2-4-6-10/h2-7H,8H2,1H3,(H,13,14). The molecule has 0 bridgehead atoms. The average Bonchev–Trinajstić information content (AvgIpc) is 2.40. The van der Waals surface area contributed by atoms with E-state index in [1.54, 1.807) is 0 Å². The minimum absolute atomic E-state index is 0.0329. The van der Waals surface area contributed by atoms with Crippen LogP contribution >= 0.6 is 0 Å². The second-order valence-corrected chi connectivity index (χ2v) is 3.99. The van der Waals surface area contributed by atoms with Crippen LogP contribution in [-0.2, 0) is 6.54 Å². The van der Waals surface area contributed by atoms with Crippen molar-refractivity contribution in [1.82, 2.24) is 5.10 Å². The second-order valence-electron chi connectivity index (χ2n) is 3.99. The largest absolute Gasteiger partial charge is 0.594 e. The molecule has 0 saturated carbocycles. The van der Waals surface area contributed by atoms with Gasteiger partial charge in [0.2, 0.25) is 5.69 Å². The van der Waals surface area contributed by atoms with Gasteiger partial charge in [0.15, 0.2) is 0 Å². The SMILES string of the molecule is Cc1cc([N+](=O)[O-])c(NCc2ccccc2)n[n+]1[O-]. The van der Waals surface area contributed by atoms with E-state index in [9.17, 15) is 15.3 Å². The van der Waals surface area contributed by atoms with Crippen molar-refractivity contribution in [2.45, 2.75) is 13.5 Å². The summed E-state index contributed by atoms with van der Waals surface area (Å²) >= 11 is 0. The van der Waals surface area contributed by atoms with E-state index in [1.165, 1.54) is 13.0 Å². The van der Waals surface area contributed by atoms with Crippen LogP contribution in [0.3, 0.4) is 0 Å². The Morgan fingerprint density at radius 3 is 2.68 bits per heavy atom. The monoisotopic (exact) mass is 260 g/mol. The molecular formula is C12H12N4O3. The summed E-state index contributed by atoms with van der Waals surface area (Å²) in [7, 11) is 0. The predicted molar refractivity (Wildman–Crippen MR) is 68.4 cm³/mol. The highest BCUT2D eigenvalue weighted by molar-refractivity contribution is 5.54. The van der Waals surface area contributed by atoms with E-state index < -0.39 is 4.92 Å². The third-order valence-corrected chi connectivity index (χ3v) is 2.58. The molecule has 98 valence electrons. The number of nitrogens with zero attached hydrogens (tertiary/aromatic N) is 3. The van der Waals surface area contributed by atoms with E-state index in [0.29, 0.717) is 11.4 Å². The molecular weight excluding hydrogens is 248 g/mol. The maximum absolute atomic E-state index is 11.4. The van der Waals surface area contributed by atoms with Crippen LogP contribution in [0.25, 0.3) is 0 Å². The molecule has 0 aliphatic carbocycles. The summed E-state index contributed by atoms with van der Waals surface area (Å²) in [5, 5.41) is 28.7. The highest BCUT2D eigenvalue weighted by Crippen LogP contribution is 2.21. The van der Waals surface area contributed by atoms with Crippen molar-refractivity contribution >= 4 is 11.5 Å². The lowest BCUT2D eigenvalue weighted by atomic mass is 10.2. The van der Waals surface area contributed by atoms with Crippen molar-refractivity contribution in [3.8, 4) is 0 Å². The van der Waals surface area contributed by atoms with Gasteiger partial charge in [-0.15, -0.1) is 0 Å². The minimum atomic E-state index is -0.562. The smallest absolute Gasteiger partial charge is 0.324 e. The molecule has 1 aromatic carbocycles. The highest BCUT2D eigenvalue weighted by atomic mass is 16.6. The molecule has 0 saturated heterocycles. The van der Waals surface area contributed by atoms with Gasteiger partial charge >= 0.3 is 5.69 Å². The van der Waals surface area contributed by atoms with E-state index in [1.807, 2.05) is 30.3 Å². The van der Waals surface area contributed by atoms with Crippen molar-refractivity contribution in [2.24, 2.45) is 0 Å². The molecule has 0 atom stereocenters.